The van der Waals surface area contributed by atoms with Gasteiger partial charge in [0.1, 0.15) is 0 Å². The van der Waals surface area contributed by atoms with E-state index in [4.69, 9.17) is 37.0 Å². The van der Waals surface area contributed by atoms with Crippen molar-refractivity contribution in [3.05, 3.63) is 364 Å². The second kappa shape index (κ2) is 24.5. The van der Waals surface area contributed by atoms with Crippen LogP contribution in [0.1, 0.15) is 0 Å². The van der Waals surface area contributed by atoms with E-state index in [0.717, 1.165) is 62.2 Å². The van der Waals surface area contributed by atoms with Crippen molar-refractivity contribution in [1.29, 1.82) is 0 Å². The van der Waals surface area contributed by atoms with Crippen LogP contribution in [0, 0.1) is 0 Å². The topological polar surface area (TPSA) is 119 Å². The van der Waals surface area contributed by atoms with Crippen LogP contribution in [0.2, 0.25) is 0 Å². The second-order valence-corrected chi connectivity index (χ2v) is 51.6. The summed E-state index contributed by atoms with van der Waals surface area (Å²) in [5, 5.41) is 10.3. The fourth-order valence-electron chi connectivity index (χ4n) is 13.4. The molecule has 4 aliphatic heterocycles. The molecule has 4 fully saturated rings. The molecule has 0 amide bonds. The van der Waals surface area contributed by atoms with Crippen LogP contribution in [0.15, 0.2) is 364 Å². The average Bonchev–Trinajstić information content (AvgIpc) is 0.669. The highest BCUT2D eigenvalue weighted by Gasteiger charge is 2.82. The maximum absolute atomic E-state index is 8.68. The maximum atomic E-state index is 8.68. The molecule has 0 radical (unpaired) electrons. The molecule has 0 atom stereocenters. The molecule has 4 aliphatic rings. The van der Waals surface area contributed by atoms with E-state index in [2.05, 4.69) is 305 Å². The van der Waals surface area contributed by atoms with E-state index in [1.807, 2.05) is 72.8 Å². The molecule has 3 N–H and O–H groups in total. The van der Waals surface area contributed by atoms with Crippen LogP contribution in [0.5, 0.6) is 0 Å². The van der Waals surface area contributed by atoms with Crippen LogP contribution in [0.4, 0.5) is 0 Å². The Labute approximate surface area is 551 Å². The Morgan fingerprint density at radius 2 is 0.226 bits per heavy atom. The number of hydrogen-bond donors (Lipinski definition) is 3. The summed E-state index contributed by atoms with van der Waals surface area (Å²) in [5.41, 5.74) is 0. The Bertz CT molecular complexity index is 3520. The average molecular weight is 1370 g/mol. The van der Waals surface area contributed by atoms with Crippen LogP contribution in [-0.2, 0) is 37.0 Å². The van der Waals surface area contributed by atoms with Gasteiger partial charge in [-0.2, -0.15) is 0 Å². The summed E-state index contributed by atoms with van der Waals surface area (Å²) in [6, 6.07) is 125. The molecule has 93 heavy (non-hydrogen) atoms. The lowest BCUT2D eigenvalue weighted by atomic mass is 10.4. The third kappa shape index (κ3) is 10.5. The van der Waals surface area contributed by atoms with Crippen LogP contribution in [0.3, 0.4) is 0 Å². The number of hydrogen-bond acceptors (Lipinski definition) is 12. The van der Waals surface area contributed by atoms with Gasteiger partial charge in [0.25, 0.3) is 0 Å². The molecule has 12 aromatic carbocycles. The van der Waals surface area contributed by atoms with E-state index in [0.29, 0.717) is 0 Å². The van der Waals surface area contributed by atoms with Crippen molar-refractivity contribution < 1.29 is 37.0 Å². The number of nitrogens with one attached hydrogen (secondary N) is 3. The van der Waals surface area contributed by atoms with Gasteiger partial charge in [-0.1, -0.05) is 364 Å². The van der Waals surface area contributed by atoms with E-state index in [1.165, 1.54) is 0 Å². The van der Waals surface area contributed by atoms with Crippen LogP contribution in [0.25, 0.3) is 0 Å². The molecule has 16 rings (SSSR count). The molecule has 0 aliphatic carbocycles. The molecular weight excluding hydrogens is 1300 g/mol. The van der Waals surface area contributed by atoms with Gasteiger partial charge in [-0.05, 0) is 62.2 Å². The SMILES string of the molecule is c1ccc([Si]2(c3ccccc3)O[Si]3(N[Si]4(N[Si]5(N3)O[Si](c3ccccc3)(c3ccccc3)O[Si](c3ccccc3)(c3ccccc3)O5)O[Si](c3ccccc3)(c3ccccc3)O[Si](c3ccccc3)(c3ccccc3)O4)O[Si](c3ccccc3)(c3ccccc3)O2)cc1. The van der Waals surface area contributed by atoms with Gasteiger partial charge in [0.15, 0.2) is 0 Å². The Hall–Kier alpha value is -7.89. The van der Waals surface area contributed by atoms with Crippen molar-refractivity contribution in [2.45, 2.75) is 0 Å². The highest BCUT2D eigenvalue weighted by Crippen LogP contribution is 2.40. The predicted molar refractivity (Wildman–Crippen MR) is 384 cm³/mol. The Balaban J connectivity index is 1.08. The molecule has 21 heteroatoms. The van der Waals surface area contributed by atoms with E-state index >= 15 is 0 Å². The zero-order valence-electron chi connectivity index (χ0n) is 50.3. The van der Waals surface area contributed by atoms with Gasteiger partial charge < -0.3 is 37.0 Å². The van der Waals surface area contributed by atoms with Crippen molar-refractivity contribution >= 4 is 140 Å². The summed E-state index contributed by atoms with van der Waals surface area (Å²) in [6.45, 7) is 0. The lowest BCUT2D eigenvalue weighted by Gasteiger charge is -2.63. The van der Waals surface area contributed by atoms with Gasteiger partial charge in [-0.3, -0.25) is 0 Å². The van der Waals surface area contributed by atoms with Crippen molar-refractivity contribution in [1.82, 2.24) is 13.9 Å². The van der Waals surface area contributed by atoms with Crippen molar-refractivity contribution in [2.24, 2.45) is 0 Å². The summed E-state index contributed by atoms with van der Waals surface area (Å²) in [5.74, 6) is 0. The summed E-state index contributed by atoms with van der Waals surface area (Å²) in [6.07, 6.45) is 0. The Morgan fingerprint density at radius 3 is 0.323 bits per heavy atom. The van der Waals surface area contributed by atoms with E-state index in [1.54, 1.807) is 0 Å². The van der Waals surface area contributed by atoms with Gasteiger partial charge in [-0.15, -0.1) is 0 Å². The molecule has 12 aromatic rings. The van der Waals surface area contributed by atoms with Crippen LogP contribution >= 0.6 is 0 Å². The quantitative estimate of drug-likeness (QED) is 0.146. The predicted octanol–water partition coefficient (Wildman–Crippen LogP) is 4.81. The molecule has 0 bridgehead atoms. The zero-order valence-corrected chi connectivity index (χ0v) is 59.3. The first kappa shape index (κ1) is 60.1. The second-order valence-electron chi connectivity index (χ2n) is 23.2. The minimum Gasteiger partial charge on any atom is -0.402 e. The first-order chi connectivity index (χ1) is 45.7. The highest BCUT2D eigenvalue weighted by molar-refractivity contribution is 7.20. The van der Waals surface area contributed by atoms with Gasteiger partial charge in [0.2, 0.25) is 0 Å². The minimum absolute atomic E-state index is 0.857. The Morgan fingerprint density at radius 1 is 0.129 bits per heavy atom. The zero-order chi connectivity index (χ0) is 62.3. The van der Waals surface area contributed by atoms with Gasteiger partial charge in [-0.25, -0.2) is 13.9 Å². The molecule has 4 heterocycles. The van der Waals surface area contributed by atoms with Crippen molar-refractivity contribution in [3.8, 4) is 0 Å². The molecule has 456 valence electrons. The summed E-state index contributed by atoms with van der Waals surface area (Å²) < 4.78 is 90.4. The maximum Gasteiger partial charge on any atom is 0.495 e. The molecule has 0 saturated carbocycles. The normalized spacial score (nSPS) is 19.9. The molecular formula is C72H63N3O9Si9. The molecule has 3 spiro atoms. The fraction of sp³-hybridized carbons (Fsp3) is 0. The third-order valence-corrected chi connectivity index (χ3v) is 59.1. The molecule has 0 unspecified atom stereocenters. The Kier molecular flexibility index (Phi) is 15.8. The van der Waals surface area contributed by atoms with Gasteiger partial charge >= 0.3 is 78.0 Å². The third-order valence-electron chi connectivity index (χ3n) is 17.4. The highest BCUT2D eigenvalue weighted by atomic mass is 28.6. The van der Waals surface area contributed by atoms with E-state index in [9.17, 15) is 0 Å². The molecule has 0 aromatic heterocycles. The standard InChI is InChI=1S/C72H63N3O9Si9/c1-13-37-61(38-14-1)85(62-39-15-2-16-40-62)76-86(63-41-17-3-18-42-63,64-43-19-4-20-44-64)80-91(79-85)73-92(81-87(65-45-21-5-22-46-65,66-47-23-6-24-48-66)77-88(82-92,67-49-25-7-26-50-67)68-51-27-8-28-52-68)75-93(74-91)83-89(69-53-29-9-30-54-69,70-55-31-10-32-56-70)78-90(84-93,71-57-33-11-34-58-71)72-59-35-12-36-60-72/h1-60,73-75H. The first-order valence-corrected chi connectivity index (χ1v) is 47.5. The summed E-state index contributed by atoms with van der Waals surface area (Å²) in [7, 11) is -40.3. The number of rotatable bonds is 12. The first-order valence-electron chi connectivity index (χ1n) is 31.1. The summed E-state index contributed by atoms with van der Waals surface area (Å²) in [4.78, 5) is 0. The van der Waals surface area contributed by atoms with Crippen LogP contribution < -0.4 is 76.2 Å². The molecule has 12 nitrogen and oxygen atoms in total. The largest absolute Gasteiger partial charge is 0.495 e. The summed E-state index contributed by atoms with van der Waals surface area (Å²) >= 11 is 0. The van der Waals surface area contributed by atoms with Gasteiger partial charge in [0, 0.05) is 0 Å². The number of benzene rings is 12. The fourth-order valence-corrected chi connectivity index (χ4v) is 69.3. The smallest absolute Gasteiger partial charge is 0.402 e. The van der Waals surface area contributed by atoms with Crippen molar-refractivity contribution in [3.63, 3.8) is 0 Å². The van der Waals surface area contributed by atoms with Crippen LogP contribution in [-0.4, -0.2) is 78.0 Å². The van der Waals surface area contributed by atoms with Crippen molar-refractivity contribution in [2.75, 3.05) is 0 Å². The van der Waals surface area contributed by atoms with E-state index < -0.39 is 78.0 Å². The molecule has 4 saturated heterocycles. The van der Waals surface area contributed by atoms with E-state index in [-0.39, 0.29) is 0 Å². The minimum atomic E-state index is -4.91. The monoisotopic (exact) mass is 1370 g/mol. The lowest BCUT2D eigenvalue weighted by molar-refractivity contribution is 0.176. The van der Waals surface area contributed by atoms with Gasteiger partial charge in [0.05, 0.1) is 0 Å². The lowest BCUT2D eigenvalue weighted by Crippen LogP contribution is -3.06.